The van der Waals surface area contributed by atoms with E-state index >= 15 is 0 Å². The SMILES string of the molecule is CC(=O)NCC1CCCN(C(=O)C2CCS(=O)(=O)C2)C1. The highest BCUT2D eigenvalue weighted by Crippen LogP contribution is 2.24. The van der Waals surface area contributed by atoms with Crippen LogP contribution in [0.4, 0.5) is 0 Å². The summed E-state index contributed by atoms with van der Waals surface area (Å²) < 4.78 is 22.9. The first-order valence-electron chi connectivity index (χ1n) is 7.11. The second-order valence-corrected chi connectivity index (χ2v) is 8.06. The molecule has 7 heteroatoms. The lowest BCUT2D eigenvalue weighted by atomic mass is 9.96. The number of carbonyl (C=O) groups is 2. The molecule has 2 atom stereocenters. The summed E-state index contributed by atoms with van der Waals surface area (Å²) in [4.78, 5) is 25.0. The van der Waals surface area contributed by atoms with Gasteiger partial charge in [0, 0.05) is 26.6 Å². The summed E-state index contributed by atoms with van der Waals surface area (Å²) in [6.07, 6.45) is 2.36. The molecular weight excluding hydrogens is 280 g/mol. The second-order valence-electron chi connectivity index (χ2n) is 5.83. The Morgan fingerprint density at radius 3 is 2.65 bits per heavy atom. The molecule has 2 rings (SSSR count). The summed E-state index contributed by atoms with van der Waals surface area (Å²) >= 11 is 0. The Kier molecular flexibility index (Phi) is 4.67. The number of likely N-dealkylation sites (tertiary alicyclic amines) is 1. The van der Waals surface area contributed by atoms with Gasteiger partial charge in [-0.1, -0.05) is 0 Å². The average molecular weight is 302 g/mol. The van der Waals surface area contributed by atoms with Gasteiger partial charge in [-0.25, -0.2) is 8.42 Å². The van der Waals surface area contributed by atoms with Crippen LogP contribution in [-0.4, -0.2) is 56.3 Å². The fraction of sp³-hybridized carbons (Fsp3) is 0.846. The molecule has 2 aliphatic heterocycles. The number of piperidine rings is 1. The molecule has 0 aromatic heterocycles. The van der Waals surface area contributed by atoms with Gasteiger partial charge in [0.05, 0.1) is 17.4 Å². The maximum absolute atomic E-state index is 12.3. The largest absolute Gasteiger partial charge is 0.356 e. The molecular formula is C13H22N2O4S. The zero-order chi connectivity index (χ0) is 14.8. The molecule has 0 aromatic carbocycles. The predicted octanol–water partition coefficient (Wildman–Crippen LogP) is -0.204. The Labute approximate surface area is 119 Å². The van der Waals surface area contributed by atoms with E-state index in [2.05, 4.69) is 5.32 Å². The minimum Gasteiger partial charge on any atom is -0.356 e. The lowest BCUT2D eigenvalue weighted by molar-refractivity contribution is -0.136. The molecule has 0 spiro atoms. The first kappa shape index (κ1) is 15.3. The van der Waals surface area contributed by atoms with E-state index in [4.69, 9.17) is 0 Å². The maximum Gasteiger partial charge on any atom is 0.226 e. The van der Waals surface area contributed by atoms with Crippen molar-refractivity contribution in [3.63, 3.8) is 0 Å². The highest BCUT2D eigenvalue weighted by Gasteiger charge is 2.36. The monoisotopic (exact) mass is 302 g/mol. The van der Waals surface area contributed by atoms with Crippen molar-refractivity contribution in [2.45, 2.75) is 26.2 Å². The van der Waals surface area contributed by atoms with E-state index in [1.165, 1.54) is 6.92 Å². The van der Waals surface area contributed by atoms with E-state index < -0.39 is 9.84 Å². The zero-order valence-corrected chi connectivity index (χ0v) is 12.6. The molecule has 2 unspecified atom stereocenters. The highest BCUT2D eigenvalue weighted by atomic mass is 32.2. The van der Waals surface area contributed by atoms with Gasteiger partial charge < -0.3 is 10.2 Å². The fourth-order valence-electron chi connectivity index (χ4n) is 2.97. The first-order chi connectivity index (χ1) is 9.37. The summed E-state index contributed by atoms with van der Waals surface area (Å²) in [6, 6.07) is 0. The van der Waals surface area contributed by atoms with Crippen LogP contribution in [0, 0.1) is 11.8 Å². The van der Waals surface area contributed by atoms with Crippen molar-refractivity contribution >= 4 is 21.7 Å². The van der Waals surface area contributed by atoms with Gasteiger partial charge in [-0.2, -0.15) is 0 Å². The summed E-state index contributed by atoms with van der Waals surface area (Å²) in [7, 11) is -3.02. The van der Waals surface area contributed by atoms with Gasteiger partial charge in [0.15, 0.2) is 9.84 Å². The lowest BCUT2D eigenvalue weighted by Crippen LogP contribution is -2.45. The number of rotatable bonds is 3. The summed E-state index contributed by atoms with van der Waals surface area (Å²) in [5.41, 5.74) is 0. The zero-order valence-electron chi connectivity index (χ0n) is 11.8. The Balaban J connectivity index is 1.88. The summed E-state index contributed by atoms with van der Waals surface area (Å²) in [6.45, 7) is 3.39. The van der Waals surface area contributed by atoms with Gasteiger partial charge >= 0.3 is 0 Å². The third kappa shape index (κ3) is 3.94. The molecule has 2 saturated heterocycles. The lowest BCUT2D eigenvalue weighted by Gasteiger charge is -2.34. The van der Waals surface area contributed by atoms with Crippen molar-refractivity contribution in [3.8, 4) is 0 Å². The van der Waals surface area contributed by atoms with Gasteiger partial charge in [-0.3, -0.25) is 9.59 Å². The van der Waals surface area contributed by atoms with Crippen LogP contribution in [0.25, 0.3) is 0 Å². The molecule has 20 heavy (non-hydrogen) atoms. The molecule has 0 aromatic rings. The van der Waals surface area contributed by atoms with E-state index in [1.54, 1.807) is 4.90 Å². The average Bonchev–Trinajstić information content (AvgIpc) is 2.76. The number of carbonyl (C=O) groups excluding carboxylic acids is 2. The van der Waals surface area contributed by atoms with Crippen LogP contribution in [0.5, 0.6) is 0 Å². The van der Waals surface area contributed by atoms with Gasteiger partial charge in [-0.05, 0) is 25.2 Å². The minimum absolute atomic E-state index is 0.00129. The quantitative estimate of drug-likeness (QED) is 0.782. The van der Waals surface area contributed by atoms with Crippen LogP contribution in [0.3, 0.4) is 0 Å². The van der Waals surface area contributed by atoms with Crippen LogP contribution in [-0.2, 0) is 19.4 Å². The van der Waals surface area contributed by atoms with Crippen molar-refractivity contribution in [2.75, 3.05) is 31.1 Å². The third-order valence-electron chi connectivity index (χ3n) is 4.05. The normalized spacial score (nSPS) is 29.1. The van der Waals surface area contributed by atoms with Crippen molar-refractivity contribution in [2.24, 2.45) is 11.8 Å². The smallest absolute Gasteiger partial charge is 0.226 e. The highest BCUT2D eigenvalue weighted by molar-refractivity contribution is 7.91. The topological polar surface area (TPSA) is 83.6 Å². The standard InChI is InChI=1S/C13H22N2O4S/c1-10(16)14-7-11-3-2-5-15(8-11)13(17)12-4-6-20(18,19)9-12/h11-12H,2-9H2,1H3,(H,14,16). The Morgan fingerprint density at radius 2 is 2.05 bits per heavy atom. The Bertz CT molecular complexity index is 489. The summed E-state index contributed by atoms with van der Waals surface area (Å²) in [5, 5.41) is 2.78. The van der Waals surface area contributed by atoms with Crippen molar-refractivity contribution in [3.05, 3.63) is 0 Å². The molecule has 2 amide bonds. The molecule has 114 valence electrons. The van der Waals surface area contributed by atoms with Gasteiger partial charge in [0.2, 0.25) is 11.8 Å². The van der Waals surface area contributed by atoms with E-state index in [1.807, 2.05) is 0 Å². The van der Waals surface area contributed by atoms with Crippen molar-refractivity contribution in [1.29, 1.82) is 0 Å². The van der Waals surface area contributed by atoms with Gasteiger partial charge in [0.1, 0.15) is 0 Å². The third-order valence-corrected chi connectivity index (χ3v) is 5.82. The maximum atomic E-state index is 12.3. The molecule has 1 N–H and O–H groups in total. The van der Waals surface area contributed by atoms with E-state index in [-0.39, 0.29) is 35.2 Å². The number of amides is 2. The molecule has 6 nitrogen and oxygen atoms in total. The number of hydrogen-bond donors (Lipinski definition) is 1. The molecule has 0 saturated carbocycles. The van der Waals surface area contributed by atoms with Crippen LogP contribution < -0.4 is 5.32 Å². The van der Waals surface area contributed by atoms with Crippen LogP contribution in [0.15, 0.2) is 0 Å². The number of hydrogen-bond acceptors (Lipinski definition) is 4. The van der Waals surface area contributed by atoms with E-state index in [0.717, 1.165) is 12.8 Å². The summed E-state index contributed by atoms with van der Waals surface area (Å²) in [5.74, 6) is -0.0475. The van der Waals surface area contributed by atoms with Crippen molar-refractivity contribution in [1.82, 2.24) is 10.2 Å². The fourth-order valence-corrected chi connectivity index (χ4v) is 4.70. The number of nitrogens with one attached hydrogen (secondary N) is 1. The Morgan fingerprint density at radius 1 is 1.30 bits per heavy atom. The number of nitrogens with zero attached hydrogens (tertiary/aromatic N) is 1. The van der Waals surface area contributed by atoms with Crippen molar-refractivity contribution < 1.29 is 18.0 Å². The minimum atomic E-state index is -3.02. The van der Waals surface area contributed by atoms with E-state index in [9.17, 15) is 18.0 Å². The molecule has 0 bridgehead atoms. The van der Waals surface area contributed by atoms with E-state index in [0.29, 0.717) is 26.1 Å². The Hall–Kier alpha value is -1.11. The first-order valence-corrected chi connectivity index (χ1v) is 8.93. The van der Waals surface area contributed by atoms with Gasteiger partial charge in [0.25, 0.3) is 0 Å². The molecule has 2 aliphatic rings. The van der Waals surface area contributed by atoms with Gasteiger partial charge in [-0.15, -0.1) is 0 Å². The second kappa shape index (κ2) is 6.11. The number of sulfone groups is 1. The van der Waals surface area contributed by atoms with Crippen LogP contribution >= 0.6 is 0 Å². The van der Waals surface area contributed by atoms with Crippen LogP contribution in [0.2, 0.25) is 0 Å². The molecule has 2 fully saturated rings. The molecule has 2 heterocycles. The predicted molar refractivity (Wildman–Crippen MR) is 74.7 cm³/mol. The van der Waals surface area contributed by atoms with Crippen LogP contribution in [0.1, 0.15) is 26.2 Å². The molecule has 0 aliphatic carbocycles. The molecule has 0 radical (unpaired) electrons.